The molecule has 6 nitrogen and oxygen atoms in total. The highest BCUT2D eigenvalue weighted by molar-refractivity contribution is 7.89. The Morgan fingerprint density at radius 1 is 1.21 bits per heavy atom. The third kappa shape index (κ3) is 4.20. The third-order valence-corrected chi connectivity index (χ3v) is 7.38. The number of amides is 1. The highest BCUT2D eigenvalue weighted by Crippen LogP contribution is 2.36. The van der Waals surface area contributed by atoms with Crippen molar-refractivity contribution in [2.75, 3.05) is 13.1 Å². The van der Waals surface area contributed by atoms with Crippen LogP contribution < -0.4 is 4.80 Å². The second-order valence-corrected chi connectivity index (χ2v) is 9.20. The number of halogens is 3. The van der Waals surface area contributed by atoms with Crippen molar-refractivity contribution in [1.82, 2.24) is 8.87 Å². The highest BCUT2D eigenvalue weighted by Gasteiger charge is 2.40. The maximum absolute atomic E-state index is 13.2. The fourth-order valence-electron chi connectivity index (χ4n) is 3.03. The van der Waals surface area contributed by atoms with Crippen LogP contribution in [0.1, 0.15) is 18.4 Å². The van der Waals surface area contributed by atoms with Crippen molar-refractivity contribution in [3.63, 3.8) is 0 Å². The van der Waals surface area contributed by atoms with E-state index in [1.165, 1.54) is 17.4 Å². The molecule has 0 atom stereocenters. The fourth-order valence-corrected chi connectivity index (χ4v) is 5.45. The smallest absolute Gasteiger partial charge is 0.327 e. The first-order chi connectivity index (χ1) is 13.1. The summed E-state index contributed by atoms with van der Waals surface area (Å²) >= 11 is 1.31. The van der Waals surface area contributed by atoms with Crippen molar-refractivity contribution in [3.8, 4) is 0 Å². The molecule has 0 saturated carbocycles. The van der Waals surface area contributed by atoms with Crippen LogP contribution in [0.4, 0.5) is 13.2 Å². The molecule has 1 aromatic carbocycles. The van der Waals surface area contributed by atoms with Gasteiger partial charge in [-0.2, -0.15) is 22.5 Å². The first kappa shape index (κ1) is 20.7. The van der Waals surface area contributed by atoms with Crippen LogP contribution in [0.25, 0.3) is 0 Å². The molecule has 0 radical (unpaired) electrons. The van der Waals surface area contributed by atoms with Crippen LogP contribution in [0.3, 0.4) is 0 Å². The largest absolute Gasteiger partial charge is 0.417 e. The van der Waals surface area contributed by atoms with Crippen LogP contribution >= 0.6 is 11.3 Å². The maximum atomic E-state index is 13.2. The van der Waals surface area contributed by atoms with E-state index >= 15 is 0 Å². The number of nitrogens with zero attached hydrogens (tertiary/aromatic N) is 3. The normalized spacial score (nSPS) is 17.8. The summed E-state index contributed by atoms with van der Waals surface area (Å²) in [5, 5.41) is 1.79. The minimum Gasteiger partial charge on any atom is -0.327 e. The Morgan fingerprint density at radius 2 is 1.86 bits per heavy atom. The van der Waals surface area contributed by atoms with E-state index in [9.17, 15) is 26.4 Å². The van der Waals surface area contributed by atoms with Gasteiger partial charge in [0, 0.05) is 37.6 Å². The van der Waals surface area contributed by atoms with Gasteiger partial charge in [-0.05, 0) is 25.0 Å². The van der Waals surface area contributed by atoms with Crippen molar-refractivity contribution < 1.29 is 26.4 Å². The second-order valence-electron chi connectivity index (χ2n) is 6.42. The average molecular weight is 433 g/mol. The van der Waals surface area contributed by atoms with E-state index in [4.69, 9.17) is 0 Å². The van der Waals surface area contributed by atoms with Gasteiger partial charge in [0.1, 0.15) is 0 Å². The number of thiazole rings is 1. The van der Waals surface area contributed by atoms with Gasteiger partial charge in [0.2, 0.25) is 10.0 Å². The molecule has 0 spiro atoms. The number of alkyl halides is 3. The number of aryl methyl sites for hydroxylation is 1. The van der Waals surface area contributed by atoms with Gasteiger partial charge in [-0.1, -0.05) is 12.1 Å². The topological polar surface area (TPSA) is 71.7 Å². The van der Waals surface area contributed by atoms with Gasteiger partial charge in [-0.25, -0.2) is 8.42 Å². The first-order valence-electron chi connectivity index (χ1n) is 8.46. The van der Waals surface area contributed by atoms with E-state index in [0.717, 1.165) is 22.5 Å². The van der Waals surface area contributed by atoms with Crippen molar-refractivity contribution >= 4 is 27.3 Å². The summed E-state index contributed by atoms with van der Waals surface area (Å²) in [7, 11) is -2.55. The van der Waals surface area contributed by atoms with Gasteiger partial charge in [0.25, 0.3) is 5.91 Å². The van der Waals surface area contributed by atoms with Gasteiger partial charge in [0.15, 0.2) is 4.80 Å². The quantitative estimate of drug-likeness (QED) is 0.747. The Balaban J connectivity index is 1.77. The Labute approximate surface area is 164 Å². The van der Waals surface area contributed by atoms with Crippen LogP contribution in [0.2, 0.25) is 0 Å². The zero-order valence-electron chi connectivity index (χ0n) is 14.9. The minimum atomic E-state index is -4.77. The van der Waals surface area contributed by atoms with Crippen molar-refractivity contribution in [2.45, 2.75) is 23.9 Å². The molecule has 0 bridgehead atoms. The van der Waals surface area contributed by atoms with Gasteiger partial charge < -0.3 is 4.57 Å². The number of benzene rings is 1. The summed E-state index contributed by atoms with van der Waals surface area (Å²) in [6, 6.07) is 4.13. The van der Waals surface area contributed by atoms with Crippen LogP contribution in [0.5, 0.6) is 0 Å². The summed E-state index contributed by atoms with van der Waals surface area (Å²) in [5.41, 5.74) is -1.19. The molecular weight excluding hydrogens is 415 g/mol. The first-order valence-corrected chi connectivity index (χ1v) is 10.8. The Kier molecular flexibility index (Phi) is 5.78. The molecule has 11 heteroatoms. The fraction of sp³-hybridized carbons (Fsp3) is 0.412. The zero-order valence-corrected chi connectivity index (χ0v) is 16.5. The predicted octanol–water partition coefficient (Wildman–Crippen LogP) is 2.63. The summed E-state index contributed by atoms with van der Waals surface area (Å²) in [6.45, 7) is -0.0615. The molecule has 0 unspecified atom stereocenters. The Hall–Kier alpha value is -1.98. The molecule has 2 heterocycles. The molecule has 28 heavy (non-hydrogen) atoms. The van der Waals surface area contributed by atoms with Gasteiger partial charge in [-0.15, -0.1) is 11.3 Å². The third-order valence-electron chi connectivity index (χ3n) is 4.58. The number of rotatable bonds is 3. The summed E-state index contributed by atoms with van der Waals surface area (Å²) in [4.78, 5) is 16.2. The number of sulfonamides is 1. The van der Waals surface area contributed by atoms with Crippen molar-refractivity contribution in [3.05, 3.63) is 46.2 Å². The molecule has 1 amide bonds. The Bertz CT molecular complexity index is 1030. The monoisotopic (exact) mass is 433 g/mol. The van der Waals surface area contributed by atoms with E-state index in [1.807, 2.05) is 0 Å². The SMILES string of the molecule is Cn1ccsc1=NC(=O)C1CCN(S(=O)(=O)c2ccccc2C(F)(F)F)CC1. The number of piperidine rings is 1. The van der Waals surface area contributed by atoms with Gasteiger partial charge in [0.05, 0.1) is 10.5 Å². The second kappa shape index (κ2) is 7.80. The highest BCUT2D eigenvalue weighted by atomic mass is 32.2. The van der Waals surface area contributed by atoms with E-state index < -0.39 is 32.6 Å². The van der Waals surface area contributed by atoms with Crippen LogP contribution in [-0.4, -0.2) is 36.3 Å². The summed E-state index contributed by atoms with van der Waals surface area (Å²) < 4.78 is 67.8. The van der Waals surface area contributed by atoms with Crippen molar-refractivity contribution in [2.24, 2.45) is 18.0 Å². The number of hydrogen-bond acceptors (Lipinski definition) is 4. The molecule has 1 saturated heterocycles. The average Bonchev–Trinajstić information content (AvgIpc) is 3.05. The lowest BCUT2D eigenvalue weighted by atomic mass is 9.98. The van der Waals surface area contributed by atoms with E-state index in [1.54, 1.807) is 23.2 Å². The van der Waals surface area contributed by atoms with Gasteiger partial charge >= 0.3 is 6.18 Å². The maximum Gasteiger partial charge on any atom is 0.417 e. The van der Waals surface area contributed by atoms with Crippen LogP contribution in [-0.2, 0) is 28.0 Å². The number of carbonyl (C=O) groups excluding carboxylic acids is 1. The molecular formula is C17H18F3N3O3S2. The Morgan fingerprint density at radius 3 is 2.43 bits per heavy atom. The molecule has 1 aliphatic rings. The predicted molar refractivity (Wildman–Crippen MR) is 96.8 cm³/mol. The summed E-state index contributed by atoms with van der Waals surface area (Å²) in [6.07, 6.45) is -2.58. The standard InChI is InChI=1S/C17H18F3N3O3S2/c1-22-10-11-27-16(22)21-15(24)12-6-8-23(9-7-12)28(25,26)14-5-3-2-4-13(14)17(18,19)20/h2-5,10-12H,6-9H2,1H3. The molecule has 1 aliphatic heterocycles. The number of carbonyl (C=O) groups is 1. The van der Waals surface area contributed by atoms with Gasteiger partial charge in [-0.3, -0.25) is 4.79 Å². The molecule has 2 aromatic rings. The molecule has 3 rings (SSSR count). The zero-order chi connectivity index (χ0) is 20.5. The van der Waals surface area contributed by atoms with E-state index in [0.29, 0.717) is 4.80 Å². The number of aromatic nitrogens is 1. The van der Waals surface area contributed by atoms with E-state index in [2.05, 4.69) is 4.99 Å². The molecule has 152 valence electrons. The lowest BCUT2D eigenvalue weighted by molar-refractivity contribution is -0.139. The van der Waals surface area contributed by atoms with Crippen LogP contribution in [0, 0.1) is 5.92 Å². The lowest BCUT2D eigenvalue weighted by Crippen LogP contribution is -2.40. The van der Waals surface area contributed by atoms with Crippen LogP contribution in [0.15, 0.2) is 45.7 Å². The molecule has 0 N–H and O–H groups in total. The minimum absolute atomic E-state index is 0.0307. The lowest BCUT2D eigenvalue weighted by Gasteiger charge is -2.30. The van der Waals surface area contributed by atoms with E-state index in [-0.39, 0.29) is 31.8 Å². The summed E-state index contributed by atoms with van der Waals surface area (Å²) in [5.74, 6) is -0.794. The number of hydrogen-bond donors (Lipinski definition) is 0. The van der Waals surface area contributed by atoms with Crippen molar-refractivity contribution in [1.29, 1.82) is 0 Å². The molecule has 1 aromatic heterocycles. The molecule has 0 aliphatic carbocycles. The molecule has 1 fully saturated rings.